The quantitative estimate of drug-likeness (QED) is 0.693. The molecule has 122 valence electrons. The second kappa shape index (κ2) is 5.99. The summed E-state index contributed by atoms with van der Waals surface area (Å²) in [6, 6.07) is 6.38. The number of benzene rings is 1. The molecule has 6 nitrogen and oxygen atoms in total. The first-order chi connectivity index (χ1) is 11.7. The third-order valence-corrected chi connectivity index (χ3v) is 4.06. The Bertz CT molecular complexity index is 899. The van der Waals surface area contributed by atoms with Crippen LogP contribution in [-0.2, 0) is 6.54 Å². The van der Waals surface area contributed by atoms with E-state index in [0.717, 1.165) is 30.9 Å². The van der Waals surface area contributed by atoms with Crippen molar-refractivity contribution in [1.29, 1.82) is 0 Å². The van der Waals surface area contributed by atoms with Gasteiger partial charge in [0.2, 0.25) is 0 Å². The number of anilines is 1. The van der Waals surface area contributed by atoms with Crippen LogP contribution in [-0.4, -0.2) is 38.1 Å². The Morgan fingerprint density at radius 2 is 1.96 bits per heavy atom. The van der Waals surface area contributed by atoms with Gasteiger partial charge in [0.05, 0.1) is 6.54 Å². The molecule has 0 spiro atoms. The highest BCUT2D eigenvalue weighted by molar-refractivity contribution is 5.83. The van der Waals surface area contributed by atoms with E-state index in [1.807, 2.05) is 6.92 Å². The second-order valence-electron chi connectivity index (χ2n) is 5.85. The minimum absolute atomic E-state index is 0.249. The van der Waals surface area contributed by atoms with E-state index >= 15 is 0 Å². The lowest BCUT2D eigenvalue weighted by Gasteiger charge is -2.24. The Morgan fingerprint density at radius 3 is 2.71 bits per heavy atom. The maximum Gasteiger partial charge on any atom is 0.184 e. The summed E-state index contributed by atoms with van der Waals surface area (Å²) in [5.41, 5.74) is 2.36. The first-order valence-electron chi connectivity index (χ1n) is 7.93. The van der Waals surface area contributed by atoms with Gasteiger partial charge in [-0.15, -0.1) is 5.10 Å². The van der Waals surface area contributed by atoms with E-state index < -0.39 is 0 Å². The monoisotopic (exact) mass is 324 g/mol. The summed E-state index contributed by atoms with van der Waals surface area (Å²) in [4.78, 5) is 11.3. The topological polar surface area (TPSA) is 59.7 Å². The van der Waals surface area contributed by atoms with E-state index in [4.69, 9.17) is 0 Å². The maximum absolute atomic E-state index is 13.1. The summed E-state index contributed by atoms with van der Waals surface area (Å²) >= 11 is 0. The molecule has 2 aromatic heterocycles. The summed E-state index contributed by atoms with van der Waals surface area (Å²) in [5, 5.41) is 8.53. The molecule has 0 saturated carbocycles. The second-order valence-corrected chi connectivity index (χ2v) is 5.85. The van der Waals surface area contributed by atoms with Crippen molar-refractivity contribution in [2.75, 3.05) is 18.0 Å². The Hall–Kier alpha value is -2.83. The van der Waals surface area contributed by atoms with Crippen molar-refractivity contribution < 1.29 is 4.39 Å². The fraction of sp³-hybridized carbons (Fsp3) is 0.294. The number of hydrogen-bond acceptors (Lipinski definition) is 5. The lowest BCUT2D eigenvalue weighted by molar-refractivity contribution is 0.623. The van der Waals surface area contributed by atoms with Gasteiger partial charge in [0.25, 0.3) is 0 Å². The van der Waals surface area contributed by atoms with Gasteiger partial charge in [-0.25, -0.2) is 19.0 Å². The molecule has 0 N–H and O–H groups in total. The van der Waals surface area contributed by atoms with E-state index in [9.17, 15) is 4.39 Å². The minimum atomic E-state index is -0.249. The highest BCUT2D eigenvalue weighted by atomic mass is 19.1. The molecule has 7 heteroatoms. The maximum atomic E-state index is 13.1. The van der Waals surface area contributed by atoms with Crippen LogP contribution >= 0.6 is 0 Å². The van der Waals surface area contributed by atoms with Crippen LogP contribution in [0.4, 0.5) is 10.2 Å². The number of aromatic nitrogens is 5. The summed E-state index contributed by atoms with van der Waals surface area (Å²) in [5.74, 6) is 1.27. The molecule has 3 heterocycles. The lowest BCUT2D eigenvalue weighted by Crippen LogP contribution is -2.28. The third kappa shape index (κ3) is 2.73. The number of halogens is 1. The predicted octanol–water partition coefficient (Wildman–Crippen LogP) is 2.48. The summed E-state index contributed by atoms with van der Waals surface area (Å²) in [7, 11) is 0. The van der Waals surface area contributed by atoms with Crippen LogP contribution in [0.1, 0.15) is 17.8 Å². The van der Waals surface area contributed by atoms with Crippen molar-refractivity contribution in [2.45, 2.75) is 19.9 Å². The van der Waals surface area contributed by atoms with Gasteiger partial charge in [0.1, 0.15) is 11.6 Å². The average Bonchev–Trinajstić information content (AvgIpc) is 3.00. The molecule has 3 aromatic rings. The Labute approximate surface area is 138 Å². The molecule has 1 aromatic carbocycles. The van der Waals surface area contributed by atoms with Gasteiger partial charge in [-0.05, 0) is 31.0 Å². The zero-order valence-electron chi connectivity index (χ0n) is 13.4. The standard InChI is InChI=1S/C17H17FN6/c1-12-19-16(23-9-3-2-4-10-23)15-17(20-12)24(22-21-15)11-13-5-7-14(18)8-6-13/h2-3,5-8H,4,9-11H2,1H3. The van der Waals surface area contributed by atoms with Gasteiger partial charge < -0.3 is 4.90 Å². The van der Waals surface area contributed by atoms with Crippen molar-refractivity contribution in [2.24, 2.45) is 0 Å². The van der Waals surface area contributed by atoms with Gasteiger partial charge in [-0.1, -0.05) is 29.5 Å². The van der Waals surface area contributed by atoms with Gasteiger partial charge in [0, 0.05) is 13.1 Å². The normalized spacial score (nSPS) is 14.5. The van der Waals surface area contributed by atoms with E-state index in [-0.39, 0.29) is 5.82 Å². The van der Waals surface area contributed by atoms with Gasteiger partial charge in [-0.3, -0.25) is 0 Å². The van der Waals surface area contributed by atoms with Crippen molar-refractivity contribution in [1.82, 2.24) is 25.0 Å². The molecule has 0 fully saturated rings. The molecule has 0 aliphatic carbocycles. The number of nitrogens with zero attached hydrogens (tertiary/aromatic N) is 6. The first kappa shape index (κ1) is 14.7. The van der Waals surface area contributed by atoms with E-state index in [1.165, 1.54) is 12.1 Å². The van der Waals surface area contributed by atoms with Crippen molar-refractivity contribution in [3.8, 4) is 0 Å². The molecular weight excluding hydrogens is 307 g/mol. The molecule has 0 saturated heterocycles. The predicted molar refractivity (Wildman–Crippen MR) is 89.3 cm³/mol. The van der Waals surface area contributed by atoms with E-state index in [0.29, 0.717) is 23.5 Å². The lowest BCUT2D eigenvalue weighted by atomic mass is 10.2. The molecule has 0 radical (unpaired) electrons. The van der Waals surface area contributed by atoms with Crippen LogP contribution in [0.25, 0.3) is 11.2 Å². The van der Waals surface area contributed by atoms with Crippen LogP contribution in [0.15, 0.2) is 36.4 Å². The molecule has 0 bridgehead atoms. The highest BCUT2D eigenvalue weighted by Crippen LogP contribution is 2.23. The van der Waals surface area contributed by atoms with Crippen molar-refractivity contribution >= 4 is 17.0 Å². The van der Waals surface area contributed by atoms with Gasteiger partial charge in [-0.2, -0.15) is 0 Å². The highest BCUT2D eigenvalue weighted by Gasteiger charge is 2.19. The fourth-order valence-corrected chi connectivity index (χ4v) is 2.87. The van der Waals surface area contributed by atoms with Crippen molar-refractivity contribution in [3.63, 3.8) is 0 Å². The molecule has 1 aliphatic rings. The number of rotatable bonds is 3. The largest absolute Gasteiger partial charge is 0.351 e. The molecule has 0 amide bonds. The Kier molecular flexibility index (Phi) is 3.68. The van der Waals surface area contributed by atoms with Crippen LogP contribution in [0.2, 0.25) is 0 Å². The fourth-order valence-electron chi connectivity index (χ4n) is 2.87. The van der Waals surface area contributed by atoms with Crippen molar-refractivity contribution in [3.05, 3.63) is 53.6 Å². The molecule has 0 unspecified atom stereocenters. The first-order valence-corrected chi connectivity index (χ1v) is 7.93. The summed E-state index contributed by atoms with van der Waals surface area (Å²) < 4.78 is 14.8. The zero-order valence-corrected chi connectivity index (χ0v) is 13.4. The number of fused-ring (bicyclic) bond motifs is 1. The smallest absolute Gasteiger partial charge is 0.184 e. The molecule has 1 aliphatic heterocycles. The summed E-state index contributed by atoms with van der Waals surface area (Å²) in [6.45, 7) is 4.09. The average molecular weight is 324 g/mol. The van der Waals surface area contributed by atoms with Crippen LogP contribution in [0.5, 0.6) is 0 Å². The van der Waals surface area contributed by atoms with E-state index in [1.54, 1.807) is 16.8 Å². The van der Waals surface area contributed by atoms with Crippen LogP contribution in [0.3, 0.4) is 0 Å². The van der Waals surface area contributed by atoms with Gasteiger partial charge in [0.15, 0.2) is 17.0 Å². The zero-order chi connectivity index (χ0) is 16.5. The van der Waals surface area contributed by atoms with Gasteiger partial charge >= 0.3 is 0 Å². The van der Waals surface area contributed by atoms with Crippen LogP contribution in [0, 0.1) is 12.7 Å². The van der Waals surface area contributed by atoms with Crippen LogP contribution < -0.4 is 4.90 Å². The molecule has 24 heavy (non-hydrogen) atoms. The Morgan fingerprint density at radius 1 is 1.12 bits per heavy atom. The molecule has 0 atom stereocenters. The number of aryl methyl sites for hydroxylation is 1. The summed E-state index contributed by atoms with van der Waals surface area (Å²) in [6.07, 6.45) is 5.30. The number of hydrogen-bond donors (Lipinski definition) is 0. The molecule has 4 rings (SSSR count). The molecular formula is C17H17FN6. The van der Waals surface area contributed by atoms with E-state index in [2.05, 4.69) is 37.3 Å². The Balaban J connectivity index is 1.74. The SMILES string of the molecule is Cc1nc(N2CC=CCC2)c2nnn(Cc3ccc(F)cc3)c2n1. The minimum Gasteiger partial charge on any atom is -0.351 e. The third-order valence-electron chi connectivity index (χ3n) is 4.06.